The first-order chi connectivity index (χ1) is 7.02. The number of anilines is 1. The fourth-order valence-corrected chi connectivity index (χ4v) is 1.93. The zero-order chi connectivity index (χ0) is 11.4. The standard InChI is InChI=1S/C9H14N4OS/c1-5-4-7(10)13-9(12-5)15-6(2)8(14)11-3/h4,6H,1-3H3,(H,11,14)(H2,10,12,13)/t6-/m0/s1. The summed E-state index contributed by atoms with van der Waals surface area (Å²) in [5, 5.41) is 2.87. The molecular weight excluding hydrogens is 212 g/mol. The highest BCUT2D eigenvalue weighted by atomic mass is 32.2. The van der Waals surface area contributed by atoms with E-state index in [1.165, 1.54) is 11.8 Å². The predicted molar refractivity (Wildman–Crippen MR) is 60.6 cm³/mol. The van der Waals surface area contributed by atoms with E-state index < -0.39 is 0 Å². The lowest BCUT2D eigenvalue weighted by molar-refractivity contribution is -0.119. The number of nitrogens with zero attached hydrogens (tertiary/aromatic N) is 2. The number of nitrogens with one attached hydrogen (secondary N) is 1. The van der Waals surface area contributed by atoms with E-state index in [1.807, 2.05) is 6.92 Å². The molecule has 1 rings (SSSR count). The highest BCUT2D eigenvalue weighted by Gasteiger charge is 2.14. The maximum atomic E-state index is 11.3. The van der Waals surface area contributed by atoms with Gasteiger partial charge in [0.25, 0.3) is 0 Å². The third-order valence-corrected chi connectivity index (χ3v) is 2.71. The number of carbonyl (C=O) groups excluding carboxylic acids is 1. The first kappa shape index (κ1) is 11.8. The van der Waals surface area contributed by atoms with Crippen LogP contribution >= 0.6 is 11.8 Å². The van der Waals surface area contributed by atoms with E-state index in [1.54, 1.807) is 20.0 Å². The lowest BCUT2D eigenvalue weighted by Crippen LogP contribution is -2.27. The Morgan fingerprint density at radius 3 is 2.80 bits per heavy atom. The zero-order valence-corrected chi connectivity index (χ0v) is 9.76. The predicted octanol–water partition coefficient (Wildman–Crippen LogP) is 0.594. The van der Waals surface area contributed by atoms with Crippen LogP contribution in [0.3, 0.4) is 0 Å². The molecule has 15 heavy (non-hydrogen) atoms. The third-order valence-electron chi connectivity index (χ3n) is 1.75. The number of nitrogens with two attached hydrogens (primary N) is 1. The summed E-state index contributed by atoms with van der Waals surface area (Å²) in [6.45, 7) is 3.64. The van der Waals surface area contributed by atoms with Gasteiger partial charge in [-0.1, -0.05) is 11.8 Å². The number of carbonyl (C=O) groups is 1. The largest absolute Gasteiger partial charge is 0.384 e. The van der Waals surface area contributed by atoms with Gasteiger partial charge >= 0.3 is 0 Å². The van der Waals surface area contributed by atoms with Gasteiger partial charge in [-0.3, -0.25) is 4.79 Å². The van der Waals surface area contributed by atoms with E-state index >= 15 is 0 Å². The van der Waals surface area contributed by atoms with Crippen LogP contribution in [0.4, 0.5) is 5.82 Å². The van der Waals surface area contributed by atoms with Gasteiger partial charge < -0.3 is 11.1 Å². The molecule has 0 radical (unpaired) electrons. The van der Waals surface area contributed by atoms with Crippen LogP contribution in [0, 0.1) is 6.92 Å². The molecule has 0 aliphatic rings. The van der Waals surface area contributed by atoms with Crippen LogP contribution in [0.25, 0.3) is 0 Å². The van der Waals surface area contributed by atoms with Gasteiger partial charge in [0, 0.05) is 18.8 Å². The molecule has 0 saturated carbocycles. The van der Waals surface area contributed by atoms with Crippen LogP contribution < -0.4 is 11.1 Å². The summed E-state index contributed by atoms with van der Waals surface area (Å²) < 4.78 is 0. The van der Waals surface area contributed by atoms with Crippen molar-refractivity contribution in [2.24, 2.45) is 0 Å². The van der Waals surface area contributed by atoms with Crippen molar-refractivity contribution >= 4 is 23.5 Å². The molecule has 0 fully saturated rings. The van der Waals surface area contributed by atoms with Crippen LogP contribution in [0.5, 0.6) is 0 Å². The zero-order valence-electron chi connectivity index (χ0n) is 8.94. The van der Waals surface area contributed by atoms with Crippen molar-refractivity contribution in [2.45, 2.75) is 24.3 Å². The number of hydrogen-bond acceptors (Lipinski definition) is 5. The van der Waals surface area contributed by atoms with E-state index in [9.17, 15) is 4.79 Å². The van der Waals surface area contributed by atoms with Gasteiger partial charge in [0.05, 0.1) is 5.25 Å². The van der Waals surface area contributed by atoms with Gasteiger partial charge in [-0.25, -0.2) is 9.97 Å². The van der Waals surface area contributed by atoms with Crippen molar-refractivity contribution < 1.29 is 4.79 Å². The van der Waals surface area contributed by atoms with E-state index in [0.717, 1.165) is 5.69 Å². The SMILES string of the molecule is CNC(=O)[C@H](C)Sc1nc(C)cc(N)n1. The van der Waals surface area contributed by atoms with Crippen LogP contribution in [-0.2, 0) is 4.79 Å². The third kappa shape index (κ3) is 3.39. The van der Waals surface area contributed by atoms with Crippen LogP contribution in [-0.4, -0.2) is 28.2 Å². The van der Waals surface area contributed by atoms with E-state index in [0.29, 0.717) is 11.0 Å². The number of hydrogen-bond donors (Lipinski definition) is 2. The van der Waals surface area contributed by atoms with Crippen LogP contribution in [0.15, 0.2) is 11.2 Å². The van der Waals surface area contributed by atoms with Crippen molar-refractivity contribution in [1.29, 1.82) is 0 Å². The Bertz CT molecular complexity index is 349. The average Bonchev–Trinajstić information content (AvgIpc) is 2.14. The summed E-state index contributed by atoms with van der Waals surface area (Å²) in [6.07, 6.45) is 0. The van der Waals surface area contributed by atoms with Crippen LogP contribution in [0.2, 0.25) is 0 Å². The second-order valence-corrected chi connectivity index (χ2v) is 4.40. The summed E-state index contributed by atoms with van der Waals surface area (Å²) >= 11 is 1.29. The number of rotatable bonds is 3. The Labute approximate surface area is 92.9 Å². The van der Waals surface area contributed by atoms with E-state index in [-0.39, 0.29) is 11.2 Å². The molecule has 3 N–H and O–H groups in total. The first-order valence-corrected chi connectivity index (χ1v) is 5.40. The molecule has 0 spiro atoms. The van der Waals surface area contributed by atoms with Crippen molar-refractivity contribution in [3.63, 3.8) is 0 Å². The second kappa shape index (κ2) is 4.97. The molecule has 1 heterocycles. The Kier molecular flexibility index (Phi) is 3.90. The van der Waals surface area contributed by atoms with Gasteiger partial charge in [-0.15, -0.1) is 0 Å². The van der Waals surface area contributed by atoms with Crippen molar-refractivity contribution in [3.8, 4) is 0 Å². The quantitative estimate of drug-likeness (QED) is 0.582. The van der Waals surface area contributed by atoms with Gasteiger partial charge in [-0.2, -0.15) is 0 Å². The van der Waals surface area contributed by atoms with E-state index in [2.05, 4.69) is 15.3 Å². The normalized spacial score (nSPS) is 12.2. The van der Waals surface area contributed by atoms with Gasteiger partial charge in [0.15, 0.2) is 5.16 Å². The molecule has 0 aliphatic carbocycles. The summed E-state index contributed by atoms with van der Waals surface area (Å²) in [4.78, 5) is 19.5. The van der Waals surface area contributed by atoms with Crippen molar-refractivity contribution in [1.82, 2.24) is 15.3 Å². The lowest BCUT2D eigenvalue weighted by Gasteiger charge is -2.08. The number of thioether (sulfide) groups is 1. The number of aromatic nitrogens is 2. The fourth-order valence-electron chi connectivity index (χ4n) is 1.03. The van der Waals surface area contributed by atoms with Crippen molar-refractivity contribution in [2.75, 3.05) is 12.8 Å². The maximum absolute atomic E-state index is 11.3. The highest BCUT2D eigenvalue weighted by molar-refractivity contribution is 8.00. The number of amides is 1. The number of aryl methyl sites for hydroxylation is 1. The molecule has 0 saturated heterocycles. The smallest absolute Gasteiger partial charge is 0.233 e. The summed E-state index contributed by atoms with van der Waals surface area (Å²) in [5.41, 5.74) is 6.38. The highest BCUT2D eigenvalue weighted by Crippen LogP contribution is 2.20. The lowest BCUT2D eigenvalue weighted by atomic mass is 10.4. The summed E-state index contributed by atoms with van der Waals surface area (Å²) in [6, 6.07) is 1.69. The minimum Gasteiger partial charge on any atom is -0.384 e. The molecule has 5 nitrogen and oxygen atoms in total. The monoisotopic (exact) mass is 226 g/mol. The number of nitrogen functional groups attached to an aromatic ring is 1. The molecule has 0 aromatic carbocycles. The molecule has 0 aliphatic heterocycles. The fraction of sp³-hybridized carbons (Fsp3) is 0.444. The second-order valence-electron chi connectivity index (χ2n) is 3.09. The van der Waals surface area contributed by atoms with Crippen molar-refractivity contribution in [3.05, 3.63) is 11.8 Å². The summed E-state index contributed by atoms with van der Waals surface area (Å²) in [5.74, 6) is 0.373. The minimum atomic E-state index is -0.226. The molecule has 1 aromatic heterocycles. The molecule has 1 amide bonds. The Hall–Kier alpha value is -1.30. The molecule has 1 atom stereocenters. The molecular formula is C9H14N4OS. The van der Waals surface area contributed by atoms with Crippen LogP contribution in [0.1, 0.15) is 12.6 Å². The Balaban J connectivity index is 2.76. The van der Waals surface area contributed by atoms with Gasteiger partial charge in [-0.05, 0) is 13.8 Å². The topological polar surface area (TPSA) is 80.9 Å². The molecule has 0 unspecified atom stereocenters. The molecule has 1 aromatic rings. The molecule has 0 bridgehead atoms. The first-order valence-electron chi connectivity index (χ1n) is 4.52. The van der Waals surface area contributed by atoms with E-state index in [4.69, 9.17) is 5.73 Å². The average molecular weight is 226 g/mol. The maximum Gasteiger partial charge on any atom is 0.233 e. The molecule has 82 valence electrons. The molecule has 6 heteroatoms. The summed E-state index contributed by atoms with van der Waals surface area (Å²) in [7, 11) is 1.60. The Morgan fingerprint density at radius 1 is 1.60 bits per heavy atom. The Morgan fingerprint density at radius 2 is 2.27 bits per heavy atom. The minimum absolute atomic E-state index is 0.0522. The van der Waals surface area contributed by atoms with Gasteiger partial charge in [0.2, 0.25) is 5.91 Å². The van der Waals surface area contributed by atoms with Gasteiger partial charge in [0.1, 0.15) is 5.82 Å².